The summed E-state index contributed by atoms with van der Waals surface area (Å²) < 4.78 is 27.2. The smallest absolute Gasteiger partial charge is 0.237 e. The number of anilines is 2. The van der Waals surface area contributed by atoms with Crippen molar-refractivity contribution in [3.63, 3.8) is 0 Å². The van der Waals surface area contributed by atoms with Crippen LogP contribution in [0.2, 0.25) is 0 Å². The second kappa shape index (κ2) is 9.25. The molecule has 0 spiro atoms. The van der Waals surface area contributed by atoms with E-state index in [0.717, 1.165) is 25.1 Å². The fourth-order valence-corrected chi connectivity index (χ4v) is 4.74. The Labute approximate surface area is 167 Å². The number of amides is 1. The van der Waals surface area contributed by atoms with Gasteiger partial charge in [-0.05, 0) is 36.9 Å². The maximum absolute atomic E-state index is 13.6. The van der Waals surface area contributed by atoms with Crippen LogP contribution in [-0.4, -0.2) is 27.9 Å². The summed E-state index contributed by atoms with van der Waals surface area (Å²) >= 11 is 4.30. The third-order valence-corrected chi connectivity index (χ3v) is 6.47. The monoisotopic (exact) mass is 426 g/mol. The van der Waals surface area contributed by atoms with Crippen molar-refractivity contribution in [3.05, 3.63) is 52.2 Å². The first-order valence-corrected chi connectivity index (χ1v) is 10.6. The summed E-state index contributed by atoms with van der Waals surface area (Å²) in [6, 6.07) is 7.12. The number of benzene rings is 1. The molecule has 1 aromatic carbocycles. The lowest BCUT2D eigenvalue weighted by Crippen LogP contribution is -2.22. The molecule has 5 nitrogen and oxygen atoms in total. The largest absolute Gasteiger partial charge is 0.360 e. The summed E-state index contributed by atoms with van der Waals surface area (Å²) in [7, 11) is 0. The predicted octanol–water partition coefficient (Wildman–Crippen LogP) is 4.65. The van der Waals surface area contributed by atoms with E-state index < -0.39 is 22.8 Å². The van der Waals surface area contributed by atoms with Gasteiger partial charge in [-0.25, -0.2) is 8.78 Å². The number of thiophene rings is 1. The number of carbonyl (C=O) groups is 1. The van der Waals surface area contributed by atoms with Crippen LogP contribution in [0.25, 0.3) is 0 Å². The Morgan fingerprint density at radius 3 is 2.89 bits per heavy atom. The van der Waals surface area contributed by atoms with Crippen LogP contribution in [0.1, 0.15) is 11.8 Å². The van der Waals surface area contributed by atoms with E-state index in [1.165, 1.54) is 34.0 Å². The average molecular weight is 427 g/mol. The highest BCUT2D eigenvalue weighted by Gasteiger charge is 2.18. The van der Waals surface area contributed by atoms with Crippen LogP contribution in [0.3, 0.4) is 0 Å². The van der Waals surface area contributed by atoms with Gasteiger partial charge in [0.25, 0.3) is 0 Å². The van der Waals surface area contributed by atoms with E-state index in [-0.39, 0.29) is 5.69 Å². The molecule has 0 fully saturated rings. The molecule has 27 heavy (non-hydrogen) atoms. The van der Waals surface area contributed by atoms with Crippen molar-refractivity contribution in [1.82, 2.24) is 10.2 Å². The van der Waals surface area contributed by atoms with Gasteiger partial charge in [-0.3, -0.25) is 4.79 Å². The third kappa shape index (κ3) is 5.72. The summed E-state index contributed by atoms with van der Waals surface area (Å²) in [6.07, 6.45) is 0.905. The minimum Gasteiger partial charge on any atom is -0.360 e. The molecular formula is C17H16F2N4OS3. The first-order valence-electron chi connectivity index (χ1n) is 8.03. The van der Waals surface area contributed by atoms with Gasteiger partial charge in [0.05, 0.1) is 10.9 Å². The topological polar surface area (TPSA) is 66.9 Å². The molecule has 142 valence electrons. The molecule has 1 atom stereocenters. The molecule has 2 N–H and O–H groups in total. The van der Waals surface area contributed by atoms with Crippen LogP contribution >= 0.6 is 34.4 Å². The van der Waals surface area contributed by atoms with Crippen LogP contribution in [-0.2, 0) is 11.2 Å². The van der Waals surface area contributed by atoms with Crippen molar-refractivity contribution in [1.29, 1.82) is 0 Å². The standard InChI is InChI=1S/C17H16F2N4OS3/c1-10(15(24)21-14-5-4-11(18)9-13(14)19)26-17-23-22-16(27-17)20-7-6-12-3-2-8-25-12/h2-5,8-10H,6-7H2,1H3,(H,20,22)(H,21,24)/t10-/m0/s1. The number of aromatic nitrogens is 2. The zero-order valence-corrected chi connectivity index (χ0v) is 16.7. The summed E-state index contributed by atoms with van der Waals surface area (Å²) in [5.41, 5.74) is -0.0537. The number of thioether (sulfide) groups is 1. The van der Waals surface area contributed by atoms with Gasteiger partial charge in [-0.2, -0.15) is 0 Å². The molecule has 2 aromatic heterocycles. The summed E-state index contributed by atoms with van der Waals surface area (Å²) in [6.45, 7) is 2.44. The van der Waals surface area contributed by atoms with Gasteiger partial charge < -0.3 is 10.6 Å². The molecule has 0 saturated heterocycles. The van der Waals surface area contributed by atoms with Crippen LogP contribution in [0.15, 0.2) is 40.1 Å². The third-order valence-electron chi connectivity index (χ3n) is 3.47. The maximum atomic E-state index is 13.6. The first-order chi connectivity index (χ1) is 13.0. The van der Waals surface area contributed by atoms with Crippen molar-refractivity contribution in [2.24, 2.45) is 0 Å². The molecule has 10 heteroatoms. The molecule has 0 aliphatic rings. The molecule has 3 aromatic rings. The van der Waals surface area contributed by atoms with Gasteiger partial charge in [0.2, 0.25) is 11.0 Å². The minimum atomic E-state index is -0.811. The molecule has 0 bridgehead atoms. The maximum Gasteiger partial charge on any atom is 0.237 e. The Hall–Kier alpha value is -2.04. The van der Waals surface area contributed by atoms with Crippen molar-refractivity contribution < 1.29 is 13.6 Å². The van der Waals surface area contributed by atoms with E-state index in [0.29, 0.717) is 9.47 Å². The fraction of sp³-hybridized carbons (Fsp3) is 0.235. The highest BCUT2D eigenvalue weighted by Crippen LogP contribution is 2.29. The zero-order chi connectivity index (χ0) is 19.2. The van der Waals surface area contributed by atoms with E-state index in [1.807, 2.05) is 11.4 Å². The Kier molecular flexibility index (Phi) is 6.75. The second-order valence-corrected chi connectivity index (χ2v) is 9.10. The second-order valence-electron chi connectivity index (χ2n) is 5.50. The predicted molar refractivity (Wildman–Crippen MR) is 107 cm³/mol. The zero-order valence-electron chi connectivity index (χ0n) is 14.2. The highest BCUT2D eigenvalue weighted by molar-refractivity contribution is 8.02. The average Bonchev–Trinajstić information content (AvgIpc) is 3.29. The van der Waals surface area contributed by atoms with E-state index in [4.69, 9.17) is 0 Å². The van der Waals surface area contributed by atoms with Gasteiger partial charge >= 0.3 is 0 Å². The van der Waals surface area contributed by atoms with E-state index in [9.17, 15) is 13.6 Å². The lowest BCUT2D eigenvalue weighted by Gasteiger charge is -2.10. The summed E-state index contributed by atoms with van der Waals surface area (Å²) in [5, 5.41) is 16.0. The Bertz CT molecular complexity index is 901. The molecule has 2 heterocycles. The minimum absolute atomic E-state index is 0.0537. The van der Waals surface area contributed by atoms with E-state index in [2.05, 4.69) is 26.9 Å². The SMILES string of the molecule is C[C@H](Sc1nnc(NCCc2cccs2)s1)C(=O)Nc1ccc(F)cc1F. The first kappa shape index (κ1) is 19.7. The fourth-order valence-electron chi connectivity index (χ4n) is 2.11. The molecule has 0 aliphatic heterocycles. The van der Waals surface area contributed by atoms with Crippen LogP contribution in [0.4, 0.5) is 19.6 Å². The van der Waals surface area contributed by atoms with Gasteiger partial charge in [0, 0.05) is 17.5 Å². The molecule has 0 radical (unpaired) electrons. The van der Waals surface area contributed by atoms with Gasteiger partial charge in [-0.1, -0.05) is 29.2 Å². The lowest BCUT2D eigenvalue weighted by molar-refractivity contribution is -0.115. The van der Waals surface area contributed by atoms with Gasteiger partial charge in [0.15, 0.2) is 4.34 Å². The summed E-state index contributed by atoms with van der Waals surface area (Å²) in [4.78, 5) is 13.5. The quantitative estimate of drug-likeness (QED) is 0.513. The molecule has 0 unspecified atom stereocenters. The number of rotatable bonds is 8. The molecule has 3 rings (SSSR count). The number of nitrogens with one attached hydrogen (secondary N) is 2. The van der Waals surface area contributed by atoms with Gasteiger partial charge in [-0.15, -0.1) is 21.5 Å². The number of hydrogen-bond donors (Lipinski definition) is 2. The normalized spacial score (nSPS) is 12.0. The molecule has 0 aliphatic carbocycles. The number of hydrogen-bond acceptors (Lipinski definition) is 7. The van der Waals surface area contributed by atoms with Gasteiger partial charge in [0.1, 0.15) is 11.6 Å². The van der Waals surface area contributed by atoms with Crippen molar-refractivity contribution >= 4 is 51.2 Å². The van der Waals surface area contributed by atoms with Crippen LogP contribution in [0, 0.1) is 11.6 Å². The van der Waals surface area contributed by atoms with Crippen molar-refractivity contribution in [2.75, 3.05) is 17.2 Å². The summed E-state index contributed by atoms with van der Waals surface area (Å²) in [5.74, 6) is -1.90. The van der Waals surface area contributed by atoms with Crippen molar-refractivity contribution in [3.8, 4) is 0 Å². The lowest BCUT2D eigenvalue weighted by atomic mass is 10.3. The Morgan fingerprint density at radius 1 is 1.30 bits per heavy atom. The number of nitrogens with zero attached hydrogens (tertiary/aromatic N) is 2. The molecular weight excluding hydrogens is 410 g/mol. The van der Waals surface area contributed by atoms with Crippen LogP contribution < -0.4 is 10.6 Å². The number of halogens is 2. The van der Waals surface area contributed by atoms with Crippen LogP contribution in [0.5, 0.6) is 0 Å². The molecule has 0 saturated carbocycles. The Morgan fingerprint density at radius 2 is 2.15 bits per heavy atom. The van der Waals surface area contributed by atoms with Crippen molar-refractivity contribution in [2.45, 2.75) is 22.9 Å². The van der Waals surface area contributed by atoms with E-state index >= 15 is 0 Å². The Balaban J connectivity index is 1.49. The highest BCUT2D eigenvalue weighted by atomic mass is 32.2. The molecule has 1 amide bonds. The number of carbonyl (C=O) groups excluding carboxylic acids is 1. The van der Waals surface area contributed by atoms with E-state index in [1.54, 1.807) is 18.3 Å².